The number of nitrogens with zero attached hydrogens (tertiary/aromatic N) is 5. The van der Waals surface area contributed by atoms with Crippen LogP contribution in [0.4, 0.5) is 22.1 Å². The predicted molar refractivity (Wildman–Crippen MR) is 113 cm³/mol. The van der Waals surface area contributed by atoms with Crippen molar-refractivity contribution in [1.29, 1.82) is 0 Å². The summed E-state index contributed by atoms with van der Waals surface area (Å²) >= 11 is 0. The predicted octanol–water partition coefficient (Wildman–Crippen LogP) is 2.55. The fourth-order valence-electron chi connectivity index (χ4n) is 4.12. The molecule has 2 aromatic rings. The third-order valence-corrected chi connectivity index (χ3v) is 5.83. The molecule has 2 fully saturated rings. The topological polar surface area (TPSA) is 83.1 Å². The van der Waals surface area contributed by atoms with Gasteiger partial charge in [-0.15, -0.1) is 0 Å². The van der Waals surface area contributed by atoms with Crippen LogP contribution in [0.1, 0.15) is 19.3 Å². The van der Waals surface area contributed by atoms with Crippen LogP contribution in [0.2, 0.25) is 0 Å². The first-order valence-corrected chi connectivity index (χ1v) is 10.5. The normalized spacial score (nSPS) is 18.5. The molecular formula is C21H26N6O3. The highest BCUT2D eigenvalue weighted by molar-refractivity contribution is 5.90. The van der Waals surface area contributed by atoms with E-state index < -0.39 is 0 Å². The number of piperidine rings is 1. The molecule has 0 spiro atoms. The number of urea groups is 1. The monoisotopic (exact) mass is 410 g/mol. The minimum Gasteiger partial charge on any atom is -0.454 e. The maximum absolute atomic E-state index is 12.7. The summed E-state index contributed by atoms with van der Waals surface area (Å²) in [5, 5.41) is 2.95. The maximum atomic E-state index is 12.7. The van der Waals surface area contributed by atoms with Gasteiger partial charge in [0.05, 0.1) is 0 Å². The average molecular weight is 410 g/mol. The highest BCUT2D eigenvalue weighted by atomic mass is 16.7. The van der Waals surface area contributed by atoms with E-state index in [1.807, 2.05) is 17.0 Å². The van der Waals surface area contributed by atoms with Crippen molar-refractivity contribution in [3.05, 3.63) is 30.6 Å². The SMILES string of the molecule is O=C(Nc1ccc2c(c1)OCO2)N1CCN(c2cc(N3CCCCC3)ncn2)CC1. The van der Waals surface area contributed by atoms with Crippen LogP contribution in [0.25, 0.3) is 0 Å². The van der Waals surface area contributed by atoms with Crippen molar-refractivity contribution in [1.82, 2.24) is 14.9 Å². The summed E-state index contributed by atoms with van der Waals surface area (Å²) in [6, 6.07) is 7.40. The Hall–Kier alpha value is -3.23. The van der Waals surface area contributed by atoms with Gasteiger partial charge in [-0.25, -0.2) is 14.8 Å². The number of benzene rings is 1. The molecule has 0 saturated carbocycles. The molecule has 0 radical (unpaired) electrons. The number of fused-ring (bicyclic) bond motifs is 1. The van der Waals surface area contributed by atoms with E-state index in [2.05, 4.69) is 31.2 Å². The van der Waals surface area contributed by atoms with Gasteiger partial charge >= 0.3 is 6.03 Å². The molecule has 4 heterocycles. The zero-order valence-electron chi connectivity index (χ0n) is 16.9. The third-order valence-electron chi connectivity index (χ3n) is 5.83. The second-order valence-electron chi connectivity index (χ2n) is 7.75. The van der Waals surface area contributed by atoms with Crippen molar-refractivity contribution in [2.45, 2.75) is 19.3 Å². The molecule has 0 aliphatic carbocycles. The van der Waals surface area contributed by atoms with Crippen LogP contribution in [0.15, 0.2) is 30.6 Å². The van der Waals surface area contributed by atoms with Gasteiger partial charge < -0.3 is 29.5 Å². The Bertz CT molecular complexity index is 909. The molecule has 30 heavy (non-hydrogen) atoms. The zero-order valence-corrected chi connectivity index (χ0v) is 16.9. The summed E-state index contributed by atoms with van der Waals surface area (Å²) in [4.78, 5) is 28.0. The Balaban J connectivity index is 1.17. The molecule has 1 aromatic carbocycles. The smallest absolute Gasteiger partial charge is 0.321 e. The minimum absolute atomic E-state index is 0.106. The number of anilines is 3. The van der Waals surface area contributed by atoms with Gasteiger partial charge in [0.2, 0.25) is 6.79 Å². The van der Waals surface area contributed by atoms with Crippen LogP contribution < -0.4 is 24.6 Å². The molecule has 1 aromatic heterocycles. The summed E-state index contributed by atoms with van der Waals surface area (Å²) in [6.45, 7) is 5.10. The Kier molecular flexibility index (Phi) is 5.17. The number of hydrogen-bond donors (Lipinski definition) is 1. The molecule has 9 heteroatoms. The molecule has 5 rings (SSSR count). The summed E-state index contributed by atoms with van der Waals surface area (Å²) in [5.41, 5.74) is 0.702. The van der Waals surface area contributed by atoms with Gasteiger partial charge in [0.15, 0.2) is 11.5 Å². The molecular weight excluding hydrogens is 384 g/mol. The molecule has 9 nitrogen and oxygen atoms in total. The minimum atomic E-state index is -0.106. The molecule has 2 amide bonds. The molecule has 0 bridgehead atoms. The van der Waals surface area contributed by atoms with Crippen LogP contribution >= 0.6 is 0 Å². The fraction of sp³-hybridized carbons (Fsp3) is 0.476. The third kappa shape index (κ3) is 3.92. The number of amides is 2. The van der Waals surface area contributed by atoms with E-state index in [1.54, 1.807) is 12.4 Å². The van der Waals surface area contributed by atoms with Crippen LogP contribution in [0, 0.1) is 0 Å². The summed E-state index contributed by atoms with van der Waals surface area (Å²) in [6.07, 6.45) is 5.38. The maximum Gasteiger partial charge on any atom is 0.321 e. The lowest BCUT2D eigenvalue weighted by atomic mass is 10.1. The van der Waals surface area contributed by atoms with Gasteiger partial charge in [-0.3, -0.25) is 0 Å². The van der Waals surface area contributed by atoms with Crippen molar-refractivity contribution in [2.75, 3.05) is 61.2 Å². The first-order chi connectivity index (χ1) is 14.8. The van der Waals surface area contributed by atoms with Crippen LogP contribution in [0.3, 0.4) is 0 Å². The fourth-order valence-corrected chi connectivity index (χ4v) is 4.12. The van der Waals surface area contributed by atoms with Gasteiger partial charge in [0.25, 0.3) is 0 Å². The number of rotatable bonds is 3. The van der Waals surface area contributed by atoms with Crippen molar-refractivity contribution in [3.8, 4) is 11.5 Å². The molecule has 3 aliphatic rings. The summed E-state index contributed by atoms with van der Waals surface area (Å²) in [7, 11) is 0. The average Bonchev–Trinajstić information content (AvgIpc) is 3.28. The van der Waals surface area contributed by atoms with Crippen LogP contribution in [-0.2, 0) is 0 Å². The Morgan fingerprint density at radius 2 is 1.53 bits per heavy atom. The first-order valence-electron chi connectivity index (χ1n) is 10.5. The quantitative estimate of drug-likeness (QED) is 0.833. The van der Waals surface area contributed by atoms with Gasteiger partial charge in [-0.05, 0) is 31.4 Å². The number of ether oxygens (including phenoxy) is 2. The number of nitrogens with one attached hydrogen (secondary N) is 1. The Morgan fingerprint density at radius 1 is 0.833 bits per heavy atom. The number of carbonyl (C=O) groups is 1. The van der Waals surface area contributed by atoms with Crippen molar-refractivity contribution in [3.63, 3.8) is 0 Å². The molecule has 0 unspecified atom stereocenters. The van der Waals surface area contributed by atoms with Crippen LogP contribution in [0.5, 0.6) is 11.5 Å². The van der Waals surface area contributed by atoms with Crippen molar-refractivity contribution >= 4 is 23.4 Å². The van der Waals surface area contributed by atoms with E-state index in [4.69, 9.17) is 9.47 Å². The van der Waals surface area contributed by atoms with E-state index in [9.17, 15) is 4.79 Å². The van der Waals surface area contributed by atoms with Gasteiger partial charge in [-0.1, -0.05) is 0 Å². The lowest BCUT2D eigenvalue weighted by Gasteiger charge is -2.36. The van der Waals surface area contributed by atoms with E-state index in [-0.39, 0.29) is 12.8 Å². The lowest BCUT2D eigenvalue weighted by molar-refractivity contribution is 0.174. The largest absolute Gasteiger partial charge is 0.454 e. The second-order valence-corrected chi connectivity index (χ2v) is 7.75. The second kappa shape index (κ2) is 8.25. The number of carbonyl (C=O) groups excluding carboxylic acids is 1. The van der Waals surface area contributed by atoms with Crippen molar-refractivity contribution < 1.29 is 14.3 Å². The van der Waals surface area contributed by atoms with Crippen LogP contribution in [-0.4, -0.2) is 67.0 Å². The van der Waals surface area contributed by atoms with Gasteiger partial charge in [-0.2, -0.15) is 0 Å². The van der Waals surface area contributed by atoms with E-state index in [1.165, 1.54) is 19.3 Å². The van der Waals surface area contributed by atoms with E-state index >= 15 is 0 Å². The summed E-state index contributed by atoms with van der Waals surface area (Å²) < 4.78 is 10.7. The lowest BCUT2D eigenvalue weighted by Crippen LogP contribution is -2.50. The van der Waals surface area contributed by atoms with Crippen molar-refractivity contribution in [2.24, 2.45) is 0 Å². The molecule has 3 aliphatic heterocycles. The molecule has 0 atom stereocenters. The standard InChI is InChI=1S/C21H26N6O3/c28-21(24-16-4-5-17-18(12-16)30-15-29-17)27-10-8-26(9-11-27)20-13-19(22-14-23-20)25-6-2-1-3-7-25/h4-5,12-14H,1-3,6-11,15H2,(H,24,28). The highest BCUT2D eigenvalue weighted by Crippen LogP contribution is 2.34. The Morgan fingerprint density at radius 3 is 2.30 bits per heavy atom. The first kappa shape index (κ1) is 18.8. The number of aromatic nitrogens is 2. The molecule has 1 N–H and O–H groups in total. The highest BCUT2D eigenvalue weighted by Gasteiger charge is 2.23. The zero-order chi connectivity index (χ0) is 20.3. The number of hydrogen-bond acceptors (Lipinski definition) is 7. The van der Waals surface area contributed by atoms with Gasteiger partial charge in [0, 0.05) is 57.1 Å². The van der Waals surface area contributed by atoms with Gasteiger partial charge in [0.1, 0.15) is 18.0 Å². The van der Waals surface area contributed by atoms with E-state index in [0.717, 1.165) is 37.8 Å². The summed E-state index contributed by atoms with van der Waals surface area (Å²) in [5.74, 6) is 3.30. The van der Waals surface area contributed by atoms with E-state index in [0.29, 0.717) is 30.3 Å². The molecule has 158 valence electrons. The number of piperazine rings is 1. The Labute approximate surface area is 175 Å². The molecule has 2 saturated heterocycles.